The Balaban J connectivity index is 1.95. The Kier molecular flexibility index (Phi) is 6.11. The van der Waals surface area contributed by atoms with Gasteiger partial charge in [0.05, 0.1) is 43.4 Å². The minimum absolute atomic E-state index is 0.0422. The molecular formula is C15H26N4O4. The first-order valence-electron chi connectivity index (χ1n) is 7.60. The molecule has 1 amide bonds. The number of anilines is 1. The van der Waals surface area contributed by atoms with E-state index in [9.17, 15) is 4.79 Å². The van der Waals surface area contributed by atoms with Gasteiger partial charge in [0.1, 0.15) is 12.2 Å². The molecule has 0 saturated carbocycles. The predicted molar refractivity (Wildman–Crippen MR) is 85.4 cm³/mol. The molecule has 1 aromatic rings. The zero-order valence-electron chi connectivity index (χ0n) is 14.4. The second-order valence-electron chi connectivity index (χ2n) is 5.81. The summed E-state index contributed by atoms with van der Waals surface area (Å²) < 4.78 is 18.3. The van der Waals surface area contributed by atoms with Crippen LogP contribution >= 0.6 is 0 Å². The van der Waals surface area contributed by atoms with E-state index in [0.717, 1.165) is 11.4 Å². The summed E-state index contributed by atoms with van der Waals surface area (Å²) in [6.45, 7) is 3.15. The Morgan fingerprint density at radius 2 is 2.22 bits per heavy atom. The molecule has 2 heterocycles. The molecule has 1 fully saturated rings. The number of aromatic nitrogens is 2. The van der Waals surface area contributed by atoms with Gasteiger partial charge in [0.25, 0.3) is 0 Å². The average Bonchev–Trinajstić information content (AvgIpc) is 2.85. The molecule has 130 valence electrons. The molecule has 0 spiro atoms. The monoisotopic (exact) mass is 326 g/mol. The Morgan fingerprint density at radius 3 is 2.78 bits per heavy atom. The molecule has 1 aliphatic rings. The molecule has 0 aromatic carbocycles. The van der Waals surface area contributed by atoms with Crippen LogP contribution in [0.5, 0.6) is 0 Å². The van der Waals surface area contributed by atoms with Gasteiger partial charge in [-0.15, -0.1) is 0 Å². The lowest BCUT2D eigenvalue weighted by Gasteiger charge is -2.40. The first-order valence-corrected chi connectivity index (χ1v) is 7.60. The third-order valence-corrected chi connectivity index (χ3v) is 4.36. The minimum Gasteiger partial charge on any atom is -0.377 e. The van der Waals surface area contributed by atoms with Crippen LogP contribution in [0.3, 0.4) is 0 Å². The van der Waals surface area contributed by atoms with Crippen molar-refractivity contribution in [2.75, 3.05) is 46.3 Å². The number of amides is 1. The number of likely N-dealkylation sites (N-methyl/N-ethyl adjacent to an activating group) is 1. The fourth-order valence-electron chi connectivity index (χ4n) is 2.79. The van der Waals surface area contributed by atoms with Gasteiger partial charge in [-0.3, -0.25) is 14.4 Å². The van der Waals surface area contributed by atoms with Crippen LogP contribution in [-0.4, -0.2) is 79.9 Å². The van der Waals surface area contributed by atoms with Gasteiger partial charge in [-0.25, -0.2) is 0 Å². The number of carbonyl (C=O) groups excluding carboxylic acids is 1. The molecule has 1 aliphatic heterocycles. The van der Waals surface area contributed by atoms with E-state index in [1.54, 1.807) is 25.1 Å². The maximum Gasteiger partial charge on any atom is 0.238 e. The van der Waals surface area contributed by atoms with Crippen molar-refractivity contribution in [3.8, 4) is 0 Å². The number of methoxy groups -OCH3 is 2. The molecule has 1 saturated heterocycles. The highest BCUT2D eigenvalue weighted by Gasteiger charge is 2.37. The van der Waals surface area contributed by atoms with Crippen LogP contribution in [0.4, 0.5) is 5.69 Å². The van der Waals surface area contributed by atoms with E-state index in [2.05, 4.69) is 10.4 Å². The average molecular weight is 326 g/mol. The molecule has 8 heteroatoms. The smallest absolute Gasteiger partial charge is 0.238 e. The Hall–Kier alpha value is -1.48. The molecule has 8 nitrogen and oxygen atoms in total. The van der Waals surface area contributed by atoms with E-state index in [0.29, 0.717) is 13.2 Å². The van der Waals surface area contributed by atoms with Crippen LogP contribution in [0.1, 0.15) is 5.69 Å². The van der Waals surface area contributed by atoms with Gasteiger partial charge >= 0.3 is 0 Å². The van der Waals surface area contributed by atoms with Crippen molar-refractivity contribution in [1.29, 1.82) is 0 Å². The molecule has 0 bridgehead atoms. The molecule has 3 atom stereocenters. The first kappa shape index (κ1) is 17.9. The van der Waals surface area contributed by atoms with Gasteiger partial charge in [0, 0.05) is 21.3 Å². The second-order valence-corrected chi connectivity index (χ2v) is 5.81. The van der Waals surface area contributed by atoms with E-state index >= 15 is 0 Å². The van der Waals surface area contributed by atoms with Crippen molar-refractivity contribution in [2.45, 2.75) is 25.2 Å². The Labute approximate surface area is 136 Å². The van der Waals surface area contributed by atoms with Gasteiger partial charge in [0.15, 0.2) is 0 Å². The third kappa shape index (κ3) is 4.08. The van der Waals surface area contributed by atoms with Crippen molar-refractivity contribution < 1.29 is 19.0 Å². The number of nitrogens with one attached hydrogen (secondary N) is 1. The highest BCUT2D eigenvalue weighted by atomic mass is 16.6. The molecule has 0 aliphatic carbocycles. The summed E-state index contributed by atoms with van der Waals surface area (Å²) in [7, 11) is 7.01. The molecular weight excluding hydrogens is 300 g/mol. The number of hydrogen-bond acceptors (Lipinski definition) is 6. The maximum atomic E-state index is 12.3. The van der Waals surface area contributed by atoms with E-state index < -0.39 is 0 Å². The number of hydrogen-bond donors (Lipinski definition) is 1. The summed E-state index contributed by atoms with van der Waals surface area (Å²) in [6.07, 6.45) is 1.38. The van der Waals surface area contributed by atoms with E-state index in [1.165, 1.54) is 0 Å². The molecule has 0 unspecified atom stereocenters. The molecule has 2 rings (SSSR count). The summed E-state index contributed by atoms with van der Waals surface area (Å²) in [5.74, 6) is -0.0991. The van der Waals surface area contributed by atoms with Crippen LogP contribution in [0, 0.1) is 6.92 Å². The zero-order valence-corrected chi connectivity index (χ0v) is 14.4. The lowest BCUT2D eigenvalue weighted by atomic mass is 10.0. The fraction of sp³-hybridized carbons (Fsp3) is 0.733. The SMILES string of the molecule is CO[C@H]1[C@H](N(C)CC(=O)Nc2cnn(C)c2C)COC[C@H]1OC. The quantitative estimate of drug-likeness (QED) is 0.795. The number of rotatable bonds is 6. The minimum atomic E-state index is -0.134. The summed E-state index contributed by atoms with van der Waals surface area (Å²) in [4.78, 5) is 14.2. The molecule has 1 aromatic heterocycles. The molecule has 0 radical (unpaired) electrons. The van der Waals surface area contributed by atoms with Crippen LogP contribution < -0.4 is 5.32 Å². The first-order chi connectivity index (χ1) is 11.0. The number of aryl methyl sites for hydroxylation is 1. The van der Waals surface area contributed by atoms with Crippen molar-refractivity contribution >= 4 is 11.6 Å². The Morgan fingerprint density at radius 1 is 1.48 bits per heavy atom. The largest absolute Gasteiger partial charge is 0.377 e. The summed E-state index contributed by atoms with van der Waals surface area (Å²) in [5, 5.41) is 7.00. The topological polar surface area (TPSA) is 77.9 Å². The lowest BCUT2D eigenvalue weighted by Crippen LogP contribution is -2.57. The molecule has 1 N–H and O–H groups in total. The highest BCUT2D eigenvalue weighted by molar-refractivity contribution is 5.92. The second kappa shape index (κ2) is 7.87. The van der Waals surface area contributed by atoms with Crippen LogP contribution in [0.2, 0.25) is 0 Å². The number of nitrogens with zero attached hydrogens (tertiary/aromatic N) is 3. The molecule has 23 heavy (non-hydrogen) atoms. The normalized spacial score (nSPS) is 24.9. The van der Waals surface area contributed by atoms with E-state index in [4.69, 9.17) is 14.2 Å². The summed E-state index contributed by atoms with van der Waals surface area (Å²) >= 11 is 0. The summed E-state index contributed by atoms with van der Waals surface area (Å²) in [6, 6.07) is -0.0422. The number of carbonyl (C=O) groups is 1. The van der Waals surface area contributed by atoms with Crippen molar-refractivity contribution in [1.82, 2.24) is 14.7 Å². The van der Waals surface area contributed by atoms with Crippen molar-refractivity contribution in [3.63, 3.8) is 0 Å². The van der Waals surface area contributed by atoms with Crippen LogP contribution in [0.15, 0.2) is 6.20 Å². The van der Waals surface area contributed by atoms with Crippen molar-refractivity contribution in [3.05, 3.63) is 11.9 Å². The van der Waals surface area contributed by atoms with Gasteiger partial charge in [-0.1, -0.05) is 0 Å². The van der Waals surface area contributed by atoms with E-state index in [-0.39, 0.29) is 30.7 Å². The highest BCUT2D eigenvalue weighted by Crippen LogP contribution is 2.19. The Bertz CT molecular complexity index is 534. The lowest BCUT2D eigenvalue weighted by molar-refractivity contribution is -0.154. The van der Waals surface area contributed by atoms with Gasteiger partial charge in [-0.2, -0.15) is 5.10 Å². The third-order valence-electron chi connectivity index (χ3n) is 4.36. The van der Waals surface area contributed by atoms with Gasteiger partial charge in [-0.05, 0) is 14.0 Å². The standard InChI is InChI=1S/C15H26N4O4/c1-10-11(6-16-19(10)3)17-14(20)7-18(2)12-8-23-9-13(21-4)15(12)22-5/h6,12-13,15H,7-9H2,1-5H3,(H,17,20)/t12-,13-,15+/m1/s1. The van der Waals surface area contributed by atoms with E-state index in [1.807, 2.05) is 25.9 Å². The summed E-state index contributed by atoms with van der Waals surface area (Å²) in [5.41, 5.74) is 1.64. The van der Waals surface area contributed by atoms with Crippen LogP contribution in [-0.2, 0) is 26.1 Å². The van der Waals surface area contributed by atoms with Crippen molar-refractivity contribution in [2.24, 2.45) is 7.05 Å². The maximum absolute atomic E-state index is 12.3. The van der Waals surface area contributed by atoms with Crippen LogP contribution in [0.25, 0.3) is 0 Å². The van der Waals surface area contributed by atoms with Gasteiger partial charge < -0.3 is 19.5 Å². The fourth-order valence-corrected chi connectivity index (χ4v) is 2.79. The zero-order chi connectivity index (χ0) is 17.0. The predicted octanol–water partition coefficient (Wildman–Crippen LogP) is 0.0276. The van der Waals surface area contributed by atoms with Gasteiger partial charge in [0.2, 0.25) is 5.91 Å². The number of ether oxygens (including phenoxy) is 3.